The molecule has 1 aliphatic rings. The van der Waals surface area contributed by atoms with E-state index < -0.39 is 0 Å². The molecule has 2 atom stereocenters. The highest BCUT2D eigenvalue weighted by atomic mass is 16.5. The molecule has 0 aliphatic carbocycles. The van der Waals surface area contributed by atoms with Gasteiger partial charge in [-0.3, -0.25) is 4.79 Å². The molecule has 0 bridgehead atoms. The quantitative estimate of drug-likeness (QED) is 0.759. The molecule has 4 heteroatoms. The van der Waals surface area contributed by atoms with Crippen LogP contribution in [-0.4, -0.2) is 44.2 Å². The maximum absolute atomic E-state index is 12.0. The molecule has 0 aromatic heterocycles. The number of hydrogen-bond donors (Lipinski definition) is 1. The number of methoxy groups -OCH3 is 1. The van der Waals surface area contributed by atoms with Crippen LogP contribution in [0.3, 0.4) is 0 Å². The summed E-state index contributed by atoms with van der Waals surface area (Å²) in [6.45, 7) is 5.13. The topological polar surface area (TPSA) is 55.6 Å². The fourth-order valence-corrected chi connectivity index (χ4v) is 2.25. The number of ether oxygens (including phenoxy) is 1. The molecular weight excluding hydrogens is 204 g/mol. The van der Waals surface area contributed by atoms with Crippen LogP contribution in [0.1, 0.15) is 26.2 Å². The van der Waals surface area contributed by atoms with Gasteiger partial charge in [-0.15, -0.1) is 0 Å². The first-order valence-electron chi connectivity index (χ1n) is 6.14. The molecule has 1 amide bonds. The molecule has 0 radical (unpaired) electrons. The van der Waals surface area contributed by atoms with Crippen LogP contribution in [0.15, 0.2) is 0 Å². The summed E-state index contributed by atoms with van der Waals surface area (Å²) >= 11 is 0. The maximum Gasteiger partial charge on any atom is 0.222 e. The molecule has 1 saturated heterocycles. The highest BCUT2D eigenvalue weighted by Crippen LogP contribution is 2.17. The molecule has 0 aromatic rings. The number of nitrogens with zero attached hydrogens (tertiary/aromatic N) is 1. The molecule has 1 heterocycles. The van der Waals surface area contributed by atoms with E-state index >= 15 is 0 Å². The molecular formula is C12H24N2O2. The Bertz CT molecular complexity index is 221. The van der Waals surface area contributed by atoms with Crippen LogP contribution in [0.5, 0.6) is 0 Å². The first kappa shape index (κ1) is 13.5. The number of amides is 1. The van der Waals surface area contributed by atoms with E-state index in [2.05, 4.69) is 0 Å². The SMILES string of the molecule is COCC(C)CC(=O)N1CCCC(CN)C1. The number of carbonyl (C=O) groups excluding carboxylic acids is 1. The van der Waals surface area contributed by atoms with E-state index in [0.717, 1.165) is 25.9 Å². The van der Waals surface area contributed by atoms with Gasteiger partial charge >= 0.3 is 0 Å². The lowest BCUT2D eigenvalue weighted by Crippen LogP contribution is -2.42. The molecule has 2 N–H and O–H groups in total. The van der Waals surface area contributed by atoms with Gasteiger partial charge in [-0.2, -0.15) is 0 Å². The monoisotopic (exact) mass is 228 g/mol. The molecule has 1 fully saturated rings. The van der Waals surface area contributed by atoms with Crippen molar-refractivity contribution in [1.29, 1.82) is 0 Å². The third kappa shape index (κ3) is 4.10. The van der Waals surface area contributed by atoms with Gasteiger partial charge in [0.2, 0.25) is 5.91 Å². The van der Waals surface area contributed by atoms with E-state index in [9.17, 15) is 4.79 Å². The Morgan fingerprint density at radius 3 is 3.00 bits per heavy atom. The number of piperidine rings is 1. The minimum Gasteiger partial charge on any atom is -0.384 e. The fourth-order valence-electron chi connectivity index (χ4n) is 2.25. The van der Waals surface area contributed by atoms with Crippen molar-refractivity contribution in [3.63, 3.8) is 0 Å². The lowest BCUT2D eigenvalue weighted by Gasteiger charge is -2.32. The zero-order chi connectivity index (χ0) is 12.0. The van der Waals surface area contributed by atoms with Gasteiger partial charge in [0.05, 0.1) is 0 Å². The highest BCUT2D eigenvalue weighted by molar-refractivity contribution is 5.76. The van der Waals surface area contributed by atoms with Crippen molar-refractivity contribution >= 4 is 5.91 Å². The summed E-state index contributed by atoms with van der Waals surface area (Å²) < 4.78 is 5.04. The van der Waals surface area contributed by atoms with Crippen LogP contribution in [0.25, 0.3) is 0 Å². The molecule has 0 saturated carbocycles. The van der Waals surface area contributed by atoms with E-state index in [4.69, 9.17) is 10.5 Å². The van der Waals surface area contributed by atoms with Crippen LogP contribution in [0.4, 0.5) is 0 Å². The van der Waals surface area contributed by atoms with Gasteiger partial charge in [-0.05, 0) is 31.2 Å². The molecule has 94 valence electrons. The Kier molecular flexibility index (Phi) is 5.77. The van der Waals surface area contributed by atoms with E-state index in [0.29, 0.717) is 31.4 Å². The number of hydrogen-bond acceptors (Lipinski definition) is 3. The average molecular weight is 228 g/mol. The van der Waals surface area contributed by atoms with Crippen LogP contribution < -0.4 is 5.73 Å². The van der Waals surface area contributed by atoms with Crippen LogP contribution >= 0.6 is 0 Å². The van der Waals surface area contributed by atoms with E-state index in [-0.39, 0.29) is 5.91 Å². The average Bonchev–Trinajstić information content (AvgIpc) is 2.29. The van der Waals surface area contributed by atoms with Crippen LogP contribution in [0.2, 0.25) is 0 Å². The van der Waals surface area contributed by atoms with Gasteiger partial charge in [0.1, 0.15) is 0 Å². The van der Waals surface area contributed by atoms with Gasteiger partial charge < -0.3 is 15.4 Å². The van der Waals surface area contributed by atoms with Crippen LogP contribution in [-0.2, 0) is 9.53 Å². The van der Waals surface area contributed by atoms with E-state index in [1.54, 1.807) is 7.11 Å². The Morgan fingerprint density at radius 2 is 2.38 bits per heavy atom. The number of nitrogens with two attached hydrogens (primary N) is 1. The summed E-state index contributed by atoms with van der Waals surface area (Å²) in [7, 11) is 1.67. The van der Waals surface area contributed by atoms with E-state index in [1.165, 1.54) is 0 Å². The number of rotatable bonds is 5. The van der Waals surface area contributed by atoms with Crippen molar-refractivity contribution in [1.82, 2.24) is 4.90 Å². The second-order valence-corrected chi connectivity index (χ2v) is 4.85. The van der Waals surface area contributed by atoms with E-state index in [1.807, 2.05) is 11.8 Å². The maximum atomic E-state index is 12.0. The minimum absolute atomic E-state index is 0.253. The second kappa shape index (κ2) is 6.86. The summed E-state index contributed by atoms with van der Waals surface area (Å²) in [6.07, 6.45) is 2.84. The first-order valence-corrected chi connectivity index (χ1v) is 6.14. The predicted molar refractivity (Wildman–Crippen MR) is 64.0 cm³/mol. The fraction of sp³-hybridized carbons (Fsp3) is 0.917. The van der Waals surface area contributed by atoms with Crippen molar-refractivity contribution in [2.75, 3.05) is 33.4 Å². The largest absolute Gasteiger partial charge is 0.384 e. The summed E-state index contributed by atoms with van der Waals surface area (Å²) in [5, 5.41) is 0. The Morgan fingerprint density at radius 1 is 1.62 bits per heavy atom. The standard InChI is InChI=1S/C12H24N2O2/c1-10(9-16-2)6-12(15)14-5-3-4-11(7-13)8-14/h10-11H,3-9,13H2,1-2H3. The van der Waals surface area contributed by atoms with Crippen molar-refractivity contribution in [2.24, 2.45) is 17.6 Å². The van der Waals surface area contributed by atoms with Gasteiger partial charge in [0.25, 0.3) is 0 Å². The van der Waals surface area contributed by atoms with Crippen molar-refractivity contribution in [3.05, 3.63) is 0 Å². The zero-order valence-electron chi connectivity index (χ0n) is 10.4. The molecule has 1 aliphatic heterocycles. The molecule has 4 nitrogen and oxygen atoms in total. The lowest BCUT2D eigenvalue weighted by molar-refractivity contribution is -0.134. The third-order valence-corrected chi connectivity index (χ3v) is 3.18. The van der Waals surface area contributed by atoms with Gasteiger partial charge in [0, 0.05) is 33.2 Å². The number of likely N-dealkylation sites (tertiary alicyclic amines) is 1. The number of carbonyl (C=O) groups is 1. The molecule has 1 rings (SSSR count). The normalized spacial score (nSPS) is 23.2. The lowest BCUT2D eigenvalue weighted by atomic mass is 9.97. The summed E-state index contributed by atoms with van der Waals surface area (Å²) in [4.78, 5) is 13.9. The van der Waals surface area contributed by atoms with Gasteiger partial charge in [0.15, 0.2) is 0 Å². The first-order chi connectivity index (χ1) is 7.67. The van der Waals surface area contributed by atoms with Crippen LogP contribution in [0, 0.1) is 11.8 Å². The van der Waals surface area contributed by atoms with Crippen molar-refractivity contribution < 1.29 is 9.53 Å². The molecule has 0 aromatic carbocycles. The van der Waals surface area contributed by atoms with Crippen molar-refractivity contribution in [3.8, 4) is 0 Å². The third-order valence-electron chi connectivity index (χ3n) is 3.18. The second-order valence-electron chi connectivity index (χ2n) is 4.85. The minimum atomic E-state index is 0.253. The van der Waals surface area contributed by atoms with Gasteiger partial charge in [-0.25, -0.2) is 0 Å². The highest BCUT2D eigenvalue weighted by Gasteiger charge is 2.23. The van der Waals surface area contributed by atoms with Crippen molar-refractivity contribution in [2.45, 2.75) is 26.2 Å². The summed E-state index contributed by atoms with van der Waals surface area (Å²) in [5.74, 6) is 1.05. The Balaban J connectivity index is 2.35. The molecule has 0 spiro atoms. The van der Waals surface area contributed by atoms with Gasteiger partial charge in [-0.1, -0.05) is 6.92 Å². The summed E-state index contributed by atoms with van der Waals surface area (Å²) in [6, 6.07) is 0. The molecule has 16 heavy (non-hydrogen) atoms. The molecule has 2 unspecified atom stereocenters. The Labute approximate surface area is 98.1 Å². The predicted octanol–water partition coefficient (Wildman–Crippen LogP) is 0.856. The zero-order valence-corrected chi connectivity index (χ0v) is 10.4. The Hall–Kier alpha value is -0.610. The summed E-state index contributed by atoms with van der Waals surface area (Å²) in [5.41, 5.74) is 5.66. The smallest absolute Gasteiger partial charge is 0.222 e.